The van der Waals surface area contributed by atoms with Crippen LogP contribution in [-0.4, -0.2) is 27.2 Å². The summed E-state index contributed by atoms with van der Waals surface area (Å²) in [5.41, 5.74) is 0.448. The Bertz CT molecular complexity index is 635. The fourth-order valence-corrected chi connectivity index (χ4v) is 2.06. The van der Waals surface area contributed by atoms with E-state index in [4.69, 9.17) is 9.47 Å². The van der Waals surface area contributed by atoms with Gasteiger partial charge in [-0.05, 0) is 24.3 Å². The van der Waals surface area contributed by atoms with Crippen molar-refractivity contribution < 1.29 is 18.7 Å². The number of nitrogens with zero attached hydrogens (tertiary/aromatic N) is 1. The molecule has 0 fully saturated rings. The molecular formula is C16H16FNO3. The predicted molar refractivity (Wildman–Crippen MR) is 78.7 cm³/mol. The van der Waals surface area contributed by atoms with Crippen molar-refractivity contribution in [1.29, 1.82) is 0 Å². The first kappa shape index (κ1) is 14.8. The van der Waals surface area contributed by atoms with Crippen LogP contribution in [0.3, 0.4) is 0 Å². The van der Waals surface area contributed by atoms with Gasteiger partial charge in [-0.2, -0.15) is 0 Å². The molecule has 0 saturated heterocycles. The van der Waals surface area contributed by atoms with Gasteiger partial charge in [0.1, 0.15) is 22.9 Å². The van der Waals surface area contributed by atoms with Crippen LogP contribution in [-0.2, 0) is 0 Å². The Morgan fingerprint density at radius 2 is 1.57 bits per heavy atom. The Hall–Kier alpha value is -2.56. The normalized spacial score (nSPS) is 10.1. The molecule has 1 amide bonds. The van der Waals surface area contributed by atoms with Crippen molar-refractivity contribution in [2.24, 2.45) is 0 Å². The first-order valence-corrected chi connectivity index (χ1v) is 6.33. The minimum absolute atomic E-state index is 0.190. The number of para-hydroxylation sites is 1. The minimum atomic E-state index is -0.470. The van der Waals surface area contributed by atoms with Crippen LogP contribution in [0.25, 0.3) is 0 Å². The summed E-state index contributed by atoms with van der Waals surface area (Å²) >= 11 is 0. The molecule has 0 bridgehead atoms. The van der Waals surface area contributed by atoms with Gasteiger partial charge in [-0.25, -0.2) is 4.39 Å². The van der Waals surface area contributed by atoms with Gasteiger partial charge in [-0.15, -0.1) is 0 Å². The molecule has 0 heterocycles. The topological polar surface area (TPSA) is 38.8 Å². The Morgan fingerprint density at radius 1 is 1.00 bits per heavy atom. The van der Waals surface area contributed by atoms with E-state index >= 15 is 0 Å². The Labute approximate surface area is 122 Å². The lowest BCUT2D eigenvalue weighted by molar-refractivity contribution is 0.0986. The lowest BCUT2D eigenvalue weighted by atomic mass is 10.1. The maximum absolute atomic E-state index is 13.8. The SMILES string of the molecule is COc1cccc(OC)c1C(=O)N(C)c1ccccc1F. The third-order valence-corrected chi connectivity index (χ3v) is 3.16. The zero-order chi connectivity index (χ0) is 15.4. The van der Waals surface area contributed by atoms with Gasteiger partial charge in [0.2, 0.25) is 0 Å². The van der Waals surface area contributed by atoms with Gasteiger partial charge in [0.15, 0.2) is 0 Å². The standard InChI is InChI=1S/C16H16FNO3/c1-18(12-8-5-4-7-11(12)17)16(19)15-13(20-2)9-6-10-14(15)21-3/h4-10H,1-3H3. The van der Waals surface area contributed by atoms with Crippen LogP contribution in [0.1, 0.15) is 10.4 Å². The molecule has 0 radical (unpaired) electrons. The van der Waals surface area contributed by atoms with E-state index in [2.05, 4.69) is 0 Å². The second-order valence-corrected chi connectivity index (χ2v) is 4.35. The maximum atomic E-state index is 13.8. The zero-order valence-corrected chi connectivity index (χ0v) is 12.1. The second-order valence-electron chi connectivity index (χ2n) is 4.35. The summed E-state index contributed by atoms with van der Waals surface area (Å²) < 4.78 is 24.2. The summed E-state index contributed by atoms with van der Waals surface area (Å²) in [5, 5.41) is 0. The van der Waals surface area contributed by atoms with Crippen molar-refractivity contribution >= 4 is 11.6 Å². The molecule has 2 aromatic carbocycles. The zero-order valence-electron chi connectivity index (χ0n) is 12.1. The number of amides is 1. The first-order valence-electron chi connectivity index (χ1n) is 6.33. The van der Waals surface area contributed by atoms with Crippen LogP contribution in [0, 0.1) is 5.82 Å². The number of benzene rings is 2. The lowest BCUT2D eigenvalue weighted by Crippen LogP contribution is -2.28. The van der Waals surface area contributed by atoms with Crippen molar-refractivity contribution in [2.45, 2.75) is 0 Å². The summed E-state index contributed by atoms with van der Waals surface area (Å²) in [5.74, 6) is -0.123. The number of ether oxygens (including phenoxy) is 2. The molecule has 4 nitrogen and oxygen atoms in total. The highest BCUT2D eigenvalue weighted by Crippen LogP contribution is 2.31. The highest BCUT2D eigenvalue weighted by molar-refractivity contribution is 6.09. The second kappa shape index (κ2) is 6.26. The summed E-state index contributed by atoms with van der Waals surface area (Å²) in [4.78, 5) is 13.9. The fraction of sp³-hybridized carbons (Fsp3) is 0.188. The summed E-state index contributed by atoms with van der Waals surface area (Å²) in [6, 6.07) is 11.1. The van der Waals surface area contributed by atoms with Crippen molar-refractivity contribution in [3.05, 3.63) is 53.8 Å². The molecule has 110 valence electrons. The van der Waals surface area contributed by atoms with Gasteiger partial charge in [-0.1, -0.05) is 18.2 Å². The molecule has 2 aromatic rings. The molecule has 0 aliphatic rings. The Kier molecular flexibility index (Phi) is 4.42. The minimum Gasteiger partial charge on any atom is -0.496 e. The number of carbonyl (C=O) groups is 1. The number of methoxy groups -OCH3 is 2. The molecule has 0 aliphatic carbocycles. The van der Waals surface area contributed by atoms with Crippen molar-refractivity contribution in [1.82, 2.24) is 0 Å². The number of halogens is 1. The van der Waals surface area contributed by atoms with Gasteiger partial charge in [-0.3, -0.25) is 4.79 Å². The molecule has 0 atom stereocenters. The highest BCUT2D eigenvalue weighted by atomic mass is 19.1. The fourth-order valence-electron chi connectivity index (χ4n) is 2.06. The van der Waals surface area contributed by atoms with E-state index < -0.39 is 11.7 Å². The number of hydrogen-bond donors (Lipinski definition) is 0. The van der Waals surface area contributed by atoms with Crippen LogP contribution in [0.15, 0.2) is 42.5 Å². The first-order chi connectivity index (χ1) is 10.1. The lowest BCUT2D eigenvalue weighted by Gasteiger charge is -2.20. The maximum Gasteiger partial charge on any atom is 0.265 e. The molecular weight excluding hydrogens is 273 g/mol. The third kappa shape index (κ3) is 2.81. The summed E-state index contributed by atoms with van der Waals surface area (Å²) in [7, 11) is 4.44. The van der Waals surface area contributed by atoms with Crippen LogP contribution >= 0.6 is 0 Å². The van der Waals surface area contributed by atoms with Crippen molar-refractivity contribution in [3.63, 3.8) is 0 Å². The van der Waals surface area contributed by atoms with Crippen LogP contribution in [0.2, 0.25) is 0 Å². The van der Waals surface area contributed by atoms with E-state index in [1.165, 1.54) is 38.3 Å². The van der Waals surface area contributed by atoms with E-state index in [-0.39, 0.29) is 11.3 Å². The monoisotopic (exact) mass is 289 g/mol. The summed E-state index contributed by atoms with van der Waals surface area (Å²) in [6.45, 7) is 0. The largest absolute Gasteiger partial charge is 0.496 e. The van der Waals surface area contributed by atoms with Crippen LogP contribution < -0.4 is 14.4 Å². The molecule has 2 rings (SSSR count). The number of hydrogen-bond acceptors (Lipinski definition) is 3. The highest BCUT2D eigenvalue weighted by Gasteiger charge is 2.23. The van der Waals surface area contributed by atoms with Crippen LogP contribution in [0.5, 0.6) is 11.5 Å². The predicted octanol–water partition coefficient (Wildman–Crippen LogP) is 3.12. The van der Waals surface area contributed by atoms with E-state index in [1.807, 2.05) is 0 Å². The quantitative estimate of drug-likeness (QED) is 0.868. The van der Waals surface area contributed by atoms with E-state index in [0.717, 1.165) is 0 Å². The van der Waals surface area contributed by atoms with E-state index in [1.54, 1.807) is 30.3 Å². The van der Waals surface area contributed by atoms with Gasteiger partial charge in [0, 0.05) is 7.05 Å². The summed E-state index contributed by atoms with van der Waals surface area (Å²) in [6.07, 6.45) is 0. The molecule has 0 N–H and O–H groups in total. The molecule has 5 heteroatoms. The van der Waals surface area contributed by atoms with Gasteiger partial charge in [0.25, 0.3) is 5.91 Å². The molecule has 21 heavy (non-hydrogen) atoms. The molecule has 0 spiro atoms. The van der Waals surface area contributed by atoms with Crippen molar-refractivity contribution in [2.75, 3.05) is 26.2 Å². The number of rotatable bonds is 4. The average Bonchev–Trinajstić information content (AvgIpc) is 2.53. The van der Waals surface area contributed by atoms with E-state index in [9.17, 15) is 9.18 Å². The van der Waals surface area contributed by atoms with Gasteiger partial charge in [0.05, 0.1) is 19.9 Å². The molecule has 0 aliphatic heterocycles. The van der Waals surface area contributed by atoms with E-state index in [0.29, 0.717) is 11.5 Å². The Morgan fingerprint density at radius 3 is 2.10 bits per heavy atom. The third-order valence-electron chi connectivity index (χ3n) is 3.16. The Balaban J connectivity index is 2.47. The molecule has 0 saturated carbocycles. The molecule has 0 unspecified atom stereocenters. The van der Waals surface area contributed by atoms with Crippen molar-refractivity contribution in [3.8, 4) is 11.5 Å². The van der Waals surface area contributed by atoms with Gasteiger partial charge < -0.3 is 14.4 Å². The van der Waals surface area contributed by atoms with Gasteiger partial charge >= 0.3 is 0 Å². The average molecular weight is 289 g/mol. The number of carbonyl (C=O) groups excluding carboxylic acids is 1. The molecule has 0 aromatic heterocycles. The van der Waals surface area contributed by atoms with Crippen LogP contribution in [0.4, 0.5) is 10.1 Å². The smallest absolute Gasteiger partial charge is 0.265 e. The number of anilines is 1.